The van der Waals surface area contributed by atoms with Crippen molar-refractivity contribution in [2.45, 2.75) is 7.43 Å². The van der Waals surface area contributed by atoms with Gasteiger partial charge in [-0.1, -0.05) is 14.0 Å². The highest BCUT2D eigenvalue weighted by Crippen LogP contribution is 1.96. The Morgan fingerprint density at radius 1 is 1.45 bits per heavy atom. The third-order valence-electron chi connectivity index (χ3n) is 1.50. The summed E-state index contributed by atoms with van der Waals surface area (Å²) in [5, 5.41) is 0. The molecule has 0 aromatic carbocycles. The summed E-state index contributed by atoms with van der Waals surface area (Å²) in [7, 11) is 0. The molecule has 3 heteroatoms. The standard InChI is InChI=1S/C7H11NO2.CH4/c1-2-7(9)8-3-5-10-6-4-8;/h2H,1,3-6H2;1H4. The maximum absolute atomic E-state index is 10.9. The number of amides is 1. The van der Waals surface area contributed by atoms with E-state index < -0.39 is 0 Å². The monoisotopic (exact) mass is 157 g/mol. The zero-order chi connectivity index (χ0) is 7.40. The highest BCUT2D eigenvalue weighted by atomic mass is 16.5. The Labute approximate surface area is 67.6 Å². The van der Waals surface area contributed by atoms with Gasteiger partial charge in [-0.05, 0) is 6.08 Å². The molecule has 64 valence electrons. The molecule has 0 spiro atoms. The molecule has 1 heterocycles. The summed E-state index contributed by atoms with van der Waals surface area (Å²) in [5.41, 5.74) is 0. The van der Waals surface area contributed by atoms with Crippen molar-refractivity contribution in [3.05, 3.63) is 12.7 Å². The van der Waals surface area contributed by atoms with Gasteiger partial charge in [-0.2, -0.15) is 0 Å². The molecule has 0 saturated carbocycles. The highest BCUT2D eigenvalue weighted by Gasteiger charge is 2.12. The molecule has 0 unspecified atom stereocenters. The molecule has 0 aromatic rings. The normalized spacial score (nSPS) is 16.9. The first-order valence-corrected chi connectivity index (χ1v) is 3.33. The lowest BCUT2D eigenvalue weighted by Gasteiger charge is -2.25. The van der Waals surface area contributed by atoms with Gasteiger partial charge in [-0.15, -0.1) is 0 Å². The lowest BCUT2D eigenvalue weighted by Crippen LogP contribution is -2.39. The summed E-state index contributed by atoms with van der Waals surface area (Å²) in [5.74, 6) is 0.00306. The van der Waals surface area contributed by atoms with E-state index in [9.17, 15) is 4.79 Å². The quantitative estimate of drug-likeness (QED) is 0.523. The number of ether oxygens (including phenoxy) is 1. The minimum absolute atomic E-state index is 0. The van der Waals surface area contributed by atoms with Crippen molar-refractivity contribution in [1.29, 1.82) is 0 Å². The predicted octanol–water partition coefficient (Wildman–Crippen LogP) is 0.667. The summed E-state index contributed by atoms with van der Waals surface area (Å²) < 4.78 is 5.07. The van der Waals surface area contributed by atoms with Crippen LogP contribution < -0.4 is 0 Å². The van der Waals surface area contributed by atoms with Gasteiger partial charge in [0.25, 0.3) is 0 Å². The van der Waals surface area contributed by atoms with E-state index in [4.69, 9.17) is 4.74 Å². The van der Waals surface area contributed by atoms with Gasteiger partial charge in [-0.25, -0.2) is 0 Å². The Kier molecular flexibility index (Phi) is 4.54. The first kappa shape index (κ1) is 10.2. The van der Waals surface area contributed by atoms with Crippen molar-refractivity contribution in [1.82, 2.24) is 4.90 Å². The van der Waals surface area contributed by atoms with E-state index in [-0.39, 0.29) is 13.3 Å². The third-order valence-corrected chi connectivity index (χ3v) is 1.50. The molecule has 1 fully saturated rings. The zero-order valence-corrected chi connectivity index (χ0v) is 5.88. The van der Waals surface area contributed by atoms with Crippen LogP contribution in [0, 0.1) is 0 Å². The van der Waals surface area contributed by atoms with Gasteiger partial charge >= 0.3 is 0 Å². The maximum Gasteiger partial charge on any atom is 0.246 e. The first-order valence-electron chi connectivity index (χ1n) is 3.33. The van der Waals surface area contributed by atoms with Crippen molar-refractivity contribution in [2.24, 2.45) is 0 Å². The van der Waals surface area contributed by atoms with Crippen LogP contribution in [0.2, 0.25) is 0 Å². The van der Waals surface area contributed by atoms with Gasteiger partial charge in [0.2, 0.25) is 5.91 Å². The molecule has 1 rings (SSSR count). The van der Waals surface area contributed by atoms with Gasteiger partial charge in [-0.3, -0.25) is 4.79 Å². The van der Waals surface area contributed by atoms with E-state index in [1.807, 2.05) is 0 Å². The van der Waals surface area contributed by atoms with E-state index in [2.05, 4.69) is 6.58 Å². The van der Waals surface area contributed by atoms with Crippen LogP contribution in [0.15, 0.2) is 12.7 Å². The van der Waals surface area contributed by atoms with Crippen LogP contribution in [-0.4, -0.2) is 37.1 Å². The molecule has 0 bridgehead atoms. The number of morpholine rings is 1. The second-order valence-corrected chi connectivity index (χ2v) is 2.14. The van der Waals surface area contributed by atoms with E-state index in [1.54, 1.807) is 4.90 Å². The van der Waals surface area contributed by atoms with Crippen LogP contribution in [0.3, 0.4) is 0 Å². The summed E-state index contributed by atoms with van der Waals surface area (Å²) >= 11 is 0. The third kappa shape index (κ3) is 2.72. The van der Waals surface area contributed by atoms with Crippen LogP contribution in [0.1, 0.15) is 7.43 Å². The van der Waals surface area contributed by atoms with Crippen molar-refractivity contribution in [2.75, 3.05) is 26.3 Å². The van der Waals surface area contributed by atoms with Gasteiger partial charge in [0.15, 0.2) is 0 Å². The van der Waals surface area contributed by atoms with Crippen molar-refractivity contribution >= 4 is 5.91 Å². The molecule has 1 amide bonds. The molecular formula is C8H15NO2. The number of carbonyl (C=O) groups is 1. The second-order valence-electron chi connectivity index (χ2n) is 2.14. The minimum Gasteiger partial charge on any atom is -0.378 e. The predicted molar refractivity (Wildman–Crippen MR) is 44.3 cm³/mol. The molecule has 1 aliphatic rings. The SMILES string of the molecule is C.C=CC(=O)N1CCOCC1. The molecule has 11 heavy (non-hydrogen) atoms. The lowest BCUT2D eigenvalue weighted by molar-refractivity contribution is -0.129. The van der Waals surface area contributed by atoms with Crippen molar-refractivity contribution in [3.8, 4) is 0 Å². The average Bonchev–Trinajstić information content (AvgIpc) is 2.05. The Bertz CT molecular complexity index is 139. The Morgan fingerprint density at radius 3 is 2.45 bits per heavy atom. The molecule has 1 saturated heterocycles. The Morgan fingerprint density at radius 2 is 2.00 bits per heavy atom. The topological polar surface area (TPSA) is 29.5 Å². The lowest BCUT2D eigenvalue weighted by atomic mass is 10.4. The summed E-state index contributed by atoms with van der Waals surface area (Å²) in [4.78, 5) is 12.7. The number of carbonyl (C=O) groups excluding carboxylic acids is 1. The fraction of sp³-hybridized carbons (Fsp3) is 0.625. The smallest absolute Gasteiger partial charge is 0.246 e. The van der Waals surface area contributed by atoms with Gasteiger partial charge < -0.3 is 9.64 Å². The van der Waals surface area contributed by atoms with Crippen LogP contribution in [-0.2, 0) is 9.53 Å². The number of hydrogen-bond donors (Lipinski definition) is 0. The van der Waals surface area contributed by atoms with Crippen molar-refractivity contribution in [3.63, 3.8) is 0 Å². The van der Waals surface area contributed by atoms with Gasteiger partial charge in [0.1, 0.15) is 0 Å². The van der Waals surface area contributed by atoms with E-state index in [0.717, 1.165) is 0 Å². The maximum atomic E-state index is 10.9. The van der Waals surface area contributed by atoms with Crippen LogP contribution in [0.25, 0.3) is 0 Å². The van der Waals surface area contributed by atoms with Crippen LogP contribution in [0.5, 0.6) is 0 Å². The molecular weight excluding hydrogens is 142 g/mol. The summed E-state index contributed by atoms with van der Waals surface area (Å²) in [6.45, 7) is 6.11. The van der Waals surface area contributed by atoms with Crippen molar-refractivity contribution < 1.29 is 9.53 Å². The largest absolute Gasteiger partial charge is 0.378 e. The molecule has 3 nitrogen and oxygen atoms in total. The van der Waals surface area contributed by atoms with Crippen LogP contribution >= 0.6 is 0 Å². The zero-order valence-electron chi connectivity index (χ0n) is 5.88. The average molecular weight is 157 g/mol. The van der Waals surface area contributed by atoms with Crippen LogP contribution in [0.4, 0.5) is 0 Å². The van der Waals surface area contributed by atoms with E-state index in [1.165, 1.54) is 6.08 Å². The summed E-state index contributed by atoms with van der Waals surface area (Å²) in [6, 6.07) is 0. The molecule has 1 aliphatic heterocycles. The molecule has 0 aromatic heterocycles. The number of nitrogens with zero attached hydrogens (tertiary/aromatic N) is 1. The molecule has 0 N–H and O–H groups in total. The number of hydrogen-bond acceptors (Lipinski definition) is 2. The minimum atomic E-state index is 0. The van der Waals surface area contributed by atoms with Gasteiger partial charge in [0, 0.05) is 13.1 Å². The van der Waals surface area contributed by atoms with E-state index >= 15 is 0 Å². The highest BCUT2D eigenvalue weighted by molar-refractivity contribution is 5.87. The summed E-state index contributed by atoms with van der Waals surface area (Å²) in [6.07, 6.45) is 1.34. The first-order chi connectivity index (χ1) is 4.84. The Hall–Kier alpha value is -0.830. The molecule has 0 atom stereocenters. The Balaban J connectivity index is 0.000001000. The number of rotatable bonds is 1. The molecule has 0 radical (unpaired) electrons. The van der Waals surface area contributed by atoms with Gasteiger partial charge in [0.05, 0.1) is 13.2 Å². The molecule has 0 aliphatic carbocycles. The fourth-order valence-corrected chi connectivity index (χ4v) is 0.913. The second kappa shape index (κ2) is 4.91. The van der Waals surface area contributed by atoms with E-state index in [0.29, 0.717) is 26.3 Å². The fourth-order valence-electron chi connectivity index (χ4n) is 0.913.